The molecule has 3 aliphatic heterocycles. The van der Waals surface area contributed by atoms with Gasteiger partial charge in [-0.15, -0.1) is 0 Å². The Bertz CT molecular complexity index is 2420. The molecule has 6 aromatic carbocycles. The molecule has 0 amide bonds. The smallest absolute Gasteiger partial charge is 0.457 e. The molecule has 10 rings (SSSR count). The molecule has 0 radical (unpaired) electrons. The Morgan fingerprint density at radius 2 is 0.768 bits per heavy atom. The number of rotatable bonds is 4. The second-order valence-corrected chi connectivity index (χ2v) is 17.8. The average molecular weight is 737 g/mol. The van der Waals surface area contributed by atoms with Gasteiger partial charge in [0, 0.05) is 11.1 Å². The molecule has 0 bridgehead atoms. The van der Waals surface area contributed by atoms with Crippen molar-refractivity contribution in [3.05, 3.63) is 156 Å². The molecule has 0 N–H and O–H groups in total. The summed E-state index contributed by atoms with van der Waals surface area (Å²) in [4.78, 5) is 0. The summed E-state index contributed by atoms with van der Waals surface area (Å²) in [7, 11) is -1.05. The molecule has 2 fully saturated rings. The first-order valence-electron chi connectivity index (χ1n) is 19.8. The zero-order valence-corrected chi connectivity index (χ0v) is 33.4. The van der Waals surface area contributed by atoms with Crippen LogP contribution >= 0.6 is 0 Å². The Hall–Kier alpha value is -4.91. The maximum absolute atomic E-state index is 6.56. The van der Waals surface area contributed by atoms with E-state index in [1.165, 1.54) is 22.3 Å². The van der Waals surface area contributed by atoms with Crippen LogP contribution in [0.4, 0.5) is 0 Å². The van der Waals surface area contributed by atoms with Gasteiger partial charge in [-0.3, -0.25) is 0 Å². The lowest BCUT2D eigenvalue weighted by molar-refractivity contribution is 0.00578. The minimum absolute atomic E-state index is 0.468. The molecule has 0 atom stereocenters. The van der Waals surface area contributed by atoms with Gasteiger partial charge in [-0.1, -0.05) is 115 Å². The molecule has 3 heterocycles. The molecule has 1 aliphatic carbocycles. The van der Waals surface area contributed by atoms with E-state index in [1.807, 2.05) is 0 Å². The summed E-state index contributed by atoms with van der Waals surface area (Å²) < 4.78 is 32.8. The van der Waals surface area contributed by atoms with Crippen LogP contribution in [-0.4, -0.2) is 36.6 Å². The largest absolute Gasteiger partial charge is 0.494 e. The van der Waals surface area contributed by atoms with Gasteiger partial charge in [-0.05, 0) is 129 Å². The minimum atomic E-state index is -0.524. The van der Waals surface area contributed by atoms with Crippen molar-refractivity contribution in [3.63, 3.8) is 0 Å². The Balaban J connectivity index is 1.07. The number of fused-ring (bicyclic) bond motifs is 9. The van der Waals surface area contributed by atoms with Crippen molar-refractivity contribution in [2.75, 3.05) is 0 Å². The minimum Gasteiger partial charge on any atom is -0.457 e. The van der Waals surface area contributed by atoms with Crippen LogP contribution in [0.1, 0.15) is 77.6 Å². The van der Waals surface area contributed by atoms with Crippen molar-refractivity contribution in [2.45, 2.75) is 83.2 Å². The van der Waals surface area contributed by atoms with Crippen LogP contribution in [0.15, 0.2) is 133 Å². The van der Waals surface area contributed by atoms with Gasteiger partial charge in [-0.2, -0.15) is 0 Å². The van der Waals surface area contributed by atoms with E-state index in [1.54, 1.807) is 0 Å². The Labute approximate surface area is 331 Å². The average Bonchev–Trinajstić information content (AvgIpc) is 3.69. The predicted molar refractivity (Wildman–Crippen MR) is 226 cm³/mol. The Morgan fingerprint density at radius 1 is 0.357 bits per heavy atom. The summed E-state index contributed by atoms with van der Waals surface area (Å²) in [6.07, 6.45) is 0. The molecule has 0 unspecified atom stereocenters. The molecule has 7 heteroatoms. The third-order valence-electron chi connectivity index (χ3n) is 13.4. The summed E-state index contributed by atoms with van der Waals surface area (Å²) in [5.74, 6) is 1.79. The second kappa shape index (κ2) is 12.0. The van der Waals surface area contributed by atoms with Crippen molar-refractivity contribution in [1.29, 1.82) is 0 Å². The van der Waals surface area contributed by atoms with E-state index < -0.39 is 42.1 Å². The zero-order chi connectivity index (χ0) is 38.8. The SMILES string of the molecule is CC1(C)OB(c2cc(B3OC(C)(C)C(C)(C)O3)cc(-c3ccc(-c4ccc5c(c4)C4(c6ccccc6Oc6ccccc64)c4ccccc4-5)cc3)c2)OC1(C)C. The molecule has 5 nitrogen and oxygen atoms in total. The van der Waals surface area contributed by atoms with Crippen LogP contribution in [0.2, 0.25) is 0 Å². The molecular weight excluding hydrogens is 690 g/mol. The Kier molecular flexibility index (Phi) is 7.64. The number of hydrogen-bond acceptors (Lipinski definition) is 5. The normalized spacial score (nSPS) is 19.9. The van der Waals surface area contributed by atoms with Crippen molar-refractivity contribution < 1.29 is 23.4 Å². The predicted octanol–water partition coefficient (Wildman–Crippen LogP) is 10.1. The first kappa shape index (κ1) is 35.5. The highest BCUT2D eigenvalue weighted by atomic mass is 16.7. The lowest BCUT2D eigenvalue weighted by atomic mass is 9.66. The van der Waals surface area contributed by atoms with Crippen molar-refractivity contribution in [3.8, 4) is 44.9 Å². The lowest BCUT2D eigenvalue weighted by Gasteiger charge is -2.39. The standard InChI is InChI=1S/C49H46B2O5/c1-45(2)46(3,4)54-50(53-45)35-27-34(28-36(30-35)51-55-47(5,6)48(7,8)56-51)32-23-21-31(22-24-32)33-25-26-38-37-15-9-10-16-39(37)49(42(38)29-33)40-17-11-13-19-43(40)52-44-20-14-12-18-41(44)49/h9-30H,1-8H3. The summed E-state index contributed by atoms with van der Waals surface area (Å²) >= 11 is 0. The second-order valence-electron chi connectivity index (χ2n) is 17.8. The van der Waals surface area contributed by atoms with Gasteiger partial charge in [0.15, 0.2) is 0 Å². The molecule has 4 aliphatic rings. The van der Waals surface area contributed by atoms with Crippen LogP contribution in [0.25, 0.3) is 33.4 Å². The van der Waals surface area contributed by atoms with Gasteiger partial charge < -0.3 is 23.4 Å². The Morgan fingerprint density at radius 3 is 1.29 bits per heavy atom. The molecule has 56 heavy (non-hydrogen) atoms. The molecule has 0 saturated carbocycles. The van der Waals surface area contributed by atoms with Gasteiger partial charge in [0.1, 0.15) is 11.5 Å². The van der Waals surface area contributed by atoms with Crippen LogP contribution in [0, 0.1) is 0 Å². The summed E-state index contributed by atoms with van der Waals surface area (Å²) in [6.45, 7) is 16.7. The van der Waals surface area contributed by atoms with Gasteiger partial charge in [-0.25, -0.2) is 0 Å². The number of ether oxygens (including phenoxy) is 1. The topological polar surface area (TPSA) is 46.2 Å². The highest BCUT2D eigenvalue weighted by Gasteiger charge is 2.54. The van der Waals surface area contributed by atoms with E-state index in [-0.39, 0.29) is 0 Å². The van der Waals surface area contributed by atoms with Crippen molar-refractivity contribution >= 4 is 25.2 Å². The fraction of sp³-hybridized carbons (Fsp3) is 0.265. The monoisotopic (exact) mass is 736 g/mol. The lowest BCUT2D eigenvalue weighted by Crippen LogP contribution is -2.41. The van der Waals surface area contributed by atoms with Crippen LogP contribution in [0.3, 0.4) is 0 Å². The summed E-state index contributed by atoms with van der Waals surface area (Å²) in [6, 6.07) is 48.2. The van der Waals surface area contributed by atoms with Gasteiger partial charge >= 0.3 is 14.2 Å². The number of benzene rings is 6. The molecule has 0 aromatic heterocycles. The quantitative estimate of drug-likeness (QED) is 0.169. The molecular formula is C49H46B2O5. The van der Waals surface area contributed by atoms with E-state index in [0.717, 1.165) is 55.8 Å². The van der Waals surface area contributed by atoms with E-state index >= 15 is 0 Å². The molecule has 278 valence electrons. The number of para-hydroxylation sites is 2. The maximum Gasteiger partial charge on any atom is 0.494 e. The highest BCUT2D eigenvalue weighted by molar-refractivity contribution is 6.66. The van der Waals surface area contributed by atoms with E-state index in [9.17, 15) is 0 Å². The first-order valence-corrected chi connectivity index (χ1v) is 19.8. The van der Waals surface area contributed by atoms with E-state index in [2.05, 4.69) is 189 Å². The van der Waals surface area contributed by atoms with Crippen molar-refractivity contribution in [1.82, 2.24) is 0 Å². The van der Waals surface area contributed by atoms with Crippen LogP contribution in [0.5, 0.6) is 11.5 Å². The third kappa shape index (κ3) is 5.11. The van der Waals surface area contributed by atoms with Crippen LogP contribution < -0.4 is 15.7 Å². The number of hydrogen-bond donors (Lipinski definition) is 0. The fourth-order valence-electron chi connectivity index (χ4n) is 8.96. The van der Waals surface area contributed by atoms with E-state index in [0.29, 0.717) is 0 Å². The zero-order valence-electron chi connectivity index (χ0n) is 33.4. The third-order valence-corrected chi connectivity index (χ3v) is 13.4. The fourth-order valence-corrected chi connectivity index (χ4v) is 8.96. The van der Waals surface area contributed by atoms with Crippen molar-refractivity contribution in [2.24, 2.45) is 0 Å². The van der Waals surface area contributed by atoms with Gasteiger partial charge in [0.25, 0.3) is 0 Å². The highest BCUT2D eigenvalue weighted by Crippen LogP contribution is 2.62. The summed E-state index contributed by atoms with van der Waals surface area (Å²) in [5, 5.41) is 0. The molecule has 6 aromatic rings. The van der Waals surface area contributed by atoms with E-state index in [4.69, 9.17) is 23.4 Å². The first-order chi connectivity index (χ1) is 26.7. The molecule has 2 saturated heterocycles. The van der Waals surface area contributed by atoms with Gasteiger partial charge in [0.2, 0.25) is 0 Å². The van der Waals surface area contributed by atoms with Crippen LogP contribution in [-0.2, 0) is 24.0 Å². The summed E-state index contributed by atoms with van der Waals surface area (Å²) in [5.41, 5.74) is 11.3. The maximum atomic E-state index is 6.56. The molecule has 1 spiro atoms. The van der Waals surface area contributed by atoms with Gasteiger partial charge in [0.05, 0.1) is 27.8 Å².